The summed E-state index contributed by atoms with van der Waals surface area (Å²) in [5, 5.41) is 8.89. The first-order valence-electron chi connectivity index (χ1n) is 5.92. The molecule has 0 heterocycles. The summed E-state index contributed by atoms with van der Waals surface area (Å²) < 4.78 is 0. The Morgan fingerprint density at radius 1 is 1.50 bits per heavy atom. The number of carboxylic acid groups (broad SMARTS) is 1. The van der Waals surface area contributed by atoms with Crippen LogP contribution in [-0.4, -0.2) is 11.1 Å². The summed E-state index contributed by atoms with van der Waals surface area (Å²) in [6, 6.07) is 8.39. The van der Waals surface area contributed by atoms with Crippen LogP contribution < -0.4 is 0 Å². The minimum Gasteiger partial charge on any atom is -0.481 e. The highest BCUT2D eigenvalue weighted by Gasteiger charge is 2.32. The van der Waals surface area contributed by atoms with Crippen molar-refractivity contribution < 1.29 is 9.90 Å². The molecule has 0 aliphatic heterocycles. The molecule has 2 heteroatoms. The minimum absolute atomic E-state index is 0.318. The molecule has 1 atom stereocenters. The van der Waals surface area contributed by atoms with E-state index in [1.54, 1.807) is 0 Å². The van der Waals surface area contributed by atoms with Crippen molar-refractivity contribution in [2.45, 2.75) is 32.6 Å². The van der Waals surface area contributed by atoms with Crippen molar-refractivity contribution in [3.8, 4) is 0 Å². The maximum Gasteiger partial charge on any atom is 0.303 e. The van der Waals surface area contributed by atoms with E-state index in [0.717, 1.165) is 6.42 Å². The quantitative estimate of drug-likeness (QED) is 0.824. The molecule has 0 saturated heterocycles. The Labute approximate surface area is 96.3 Å². The average molecular weight is 218 g/mol. The summed E-state index contributed by atoms with van der Waals surface area (Å²) in [4.78, 5) is 10.8. The number of hydrogen-bond donors (Lipinski definition) is 1. The second kappa shape index (κ2) is 4.69. The summed E-state index contributed by atoms with van der Waals surface area (Å²) in [6.45, 7) is 2.08. The van der Waals surface area contributed by atoms with E-state index in [4.69, 9.17) is 5.11 Å². The fourth-order valence-electron chi connectivity index (χ4n) is 2.34. The van der Waals surface area contributed by atoms with Gasteiger partial charge in [-0.25, -0.2) is 0 Å². The molecular formula is C14H18O2. The first-order chi connectivity index (χ1) is 7.65. The van der Waals surface area contributed by atoms with E-state index in [0.29, 0.717) is 18.3 Å². The van der Waals surface area contributed by atoms with Crippen molar-refractivity contribution in [2.75, 3.05) is 0 Å². The molecule has 2 nitrogen and oxygen atoms in total. The third-order valence-corrected chi connectivity index (χ3v) is 3.31. The molecular weight excluding hydrogens is 200 g/mol. The molecule has 0 bridgehead atoms. The summed E-state index contributed by atoms with van der Waals surface area (Å²) in [5.74, 6) is 0.320. The molecule has 0 aromatic heterocycles. The SMILES string of the molecule is Cc1cccc(CC(CC(=O)O)C2CC2)c1. The van der Waals surface area contributed by atoms with E-state index >= 15 is 0 Å². The highest BCUT2D eigenvalue weighted by molar-refractivity contribution is 5.67. The van der Waals surface area contributed by atoms with Gasteiger partial charge in [0.05, 0.1) is 0 Å². The van der Waals surface area contributed by atoms with Crippen LogP contribution >= 0.6 is 0 Å². The van der Waals surface area contributed by atoms with E-state index in [1.165, 1.54) is 24.0 Å². The smallest absolute Gasteiger partial charge is 0.303 e. The zero-order chi connectivity index (χ0) is 11.5. The number of aryl methyl sites for hydroxylation is 1. The number of hydrogen-bond acceptors (Lipinski definition) is 1. The van der Waals surface area contributed by atoms with Crippen molar-refractivity contribution in [3.63, 3.8) is 0 Å². The first kappa shape index (κ1) is 11.2. The topological polar surface area (TPSA) is 37.3 Å². The van der Waals surface area contributed by atoms with Crippen molar-refractivity contribution in [2.24, 2.45) is 11.8 Å². The van der Waals surface area contributed by atoms with Gasteiger partial charge in [-0.3, -0.25) is 4.79 Å². The number of carboxylic acids is 1. The van der Waals surface area contributed by atoms with Gasteiger partial charge in [0.1, 0.15) is 0 Å². The predicted octanol–water partition coefficient (Wildman–Crippen LogP) is 3.04. The Morgan fingerprint density at radius 2 is 2.25 bits per heavy atom. The Hall–Kier alpha value is -1.31. The van der Waals surface area contributed by atoms with Gasteiger partial charge in [0.25, 0.3) is 0 Å². The van der Waals surface area contributed by atoms with Crippen molar-refractivity contribution in [1.82, 2.24) is 0 Å². The standard InChI is InChI=1S/C14H18O2/c1-10-3-2-4-11(7-10)8-13(9-14(15)16)12-5-6-12/h2-4,7,12-13H,5-6,8-9H2,1H3,(H,15,16). The number of aliphatic carboxylic acids is 1. The fraction of sp³-hybridized carbons (Fsp3) is 0.500. The molecule has 1 aliphatic rings. The normalized spacial score (nSPS) is 17.1. The third-order valence-electron chi connectivity index (χ3n) is 3.31. The average Bonchev–Trinajstić information content (AvgIpc) is 2.99. The summed E-state index contributed by atoms with van der Waals surface area (Å²) in [5.41, 5.74) is 2.53. The van der Waals surface area contributed by atoms with Crippen LogP contribution in [-0.2, 0) is 11.2 Å². The van der Waals surface area contributed by atoms with Crippen molar-refractivity contribution in [3.05, 3.63) is 35.4 Å². The van der Waals surface area contributed by atoms with Crippen LogP contribution in [0, 0.1) is 18.8 Å². The van der Waals surface area contributed by atoms with Crippen LogP contribution in [0.25, 0.3) is 0 Å². The van der Waals surface area contributed by atoms with E-state index in [2.05, 4.69) is 31.2 Å². The fourth-order valence-corrected chi connectivity index (χ4v) is 2.34. The zero-order valence-corrected chi connectivity index (χ0v) is 9.65. The Kier molecular flexibility index (Phi) is 3.28. The van der Waals surface area contributed by atoms with Gasteiger partial charge in [-0.1, -0.05) is 29.8 Å². The van der Waals surface area contributed by atoms with Crippen LogP contribution in [0.3, 0.4) is 0 Å². The maximum absolute atomic E-state index is 10.8. The van der Waals surface area contributed by atoms with Gasteiger partial charge in [-0.2, -0.15) is 0 Å². The molecule has 1 saturated carbocycles. The van der Waals surface area contributed by atoms with E-state index in [1.807, 2.05) is 0 Å². The van der Waals surface area contributed by atoms with Gasteiger partial charge >= 0.3 is 5.97 Å². The van der Waals surface area contributed by atoms with Gasteiger partial charge in [-0.15, -0.1) is 0 Å². The highest BCUT2D eigenvalue weighted by atomic mass is 16.4. The highest BCUT2D eigenvalue weighted by Crippen LogP contribution is 2.40. The molecule has 1 aromatic carbocycles. The lowest BCUT2D eigenvalue weighted by Crippen LogP contribution is -2.12. The van der Waals surface area contributed by atoms with E-state index in [9.17, 15) is 4.79 Å². The molecule has 2 rings (SSSR count). The van der Waals surface area contributed by atoms with Gasteiger partial charge in [-0.05, 0) is 43.6 Å². The van der Waals surface area contributed by atoms with Gasteiger partial charge in [0.15, 0.2) is 0 Å². The van der Waals surface area contributed by atoms with Gasteiger partial charge in [0, 0.05) is 6.42 Å². The van der Waals surface area contributed by atoms with Crippen LogP contribution in [0.5, 0.6) is 0 Å². The largest absolute Gasteiger partial charge is 0.481 e. The second-order valence-corrected chi connectivity index (χ2v) is 4.89. The van der Waals surface area contributed by atoms with Crippen LogP contribution in [0.15, 0.2) is 24.3 Å². The monoisotopic (exact) mass is 218 g/mol. The molecule has 1 aromatic rings. The zero-order valence-electron chi connectivity index (χ0n) is 9.65. The molecule has 1 N–H and O–H groups in total. The van der Waals surface area contributed by atoms with Crippen LogP contribution in [0.4, 0.5) is 0 Å². The lowest BCUT2D eigenvalue weighted by molar-refractivity contribution is -0.138. The Balaban J connectivity index is 2.02. The maximum atomic E-state index is 10.8. The van der Waals surface area contributed by atoms with Gasteiger partial charge < -0.3 is 5.11 Å². The van der Waals surface area contributed by atoms with E-state index in [-0.39, 0.29) is 0 Å². The summed E-state index contributed by atoms with van der Waals surface area (Å²) >= 11 is 0. The summed E-state index contributed by atoms with van der Waals surface area (Å²) in [7, 11) is 0. The van der Waals surface area contributed by atoms with E-state index < -0.39 is 5.97 Å². The number of benzene rings is 1. The van der Waals surface area contributed by atoms with Crippen molar-refractivity contribution >= 4 is 5.97 Å². The Bertz CT molecular complexity index is 380. The molecule has 0 spiro atoms. The number of carbonyl (C=O) groups is 1. The molecule has 1 fully saturated rings. The molecule has 0 radical (unpaired) electrons. The second-order valence-electron chi connectivity index (χ2n) is 4.89. The molecule has 1 unspecified atom stereocenters. The van der Waals surface area contributed by atoms with Crippen LogP contribution in [0.2, 0.25) is 0 Å². The van der Waals surface area contributed by atoms with Crippen molar-refractivity contribution in [1.29, 1.82) is 0 Å². The lowest BCUT2D eigenvalue weighted by Gasteiger charge is -2.14. The lowest BCUT2D eigenvalue weighted by atomic mass is 9.91. The molecule has 86 valence electrons. The van der Waals surface area contributed by atoms with Crippen LogP contribution in [0.1, 0.15) is 30.4 Å². The summed E-state index contributed by atoms with van der Waals surface area (Å²) in [6.07, 6.45) is 3.66. The molecule has 16 heavy (non-hydrogen) atoms. The van der Waals surface area contributed by atoms with Gasteiger partial charge in [0.2, 0.25) is 0 Å². The minimum atomic E-state index is -0.662. The molecule has 0 amide bonds. The molecule has 1 aliphatic carbocycles. The number of rotatable bonds is 5. The predicted molar refractivity (Wildman–Crippen MR) is 63.3 cm³/mol. The first-order valence-corrected chi connectivity index (χ1v) is 5.92. The third kappa shape index (κ3) is 3.09. The Morgan fingerprint density at radius 3 is 2.81 bits per heavy atom.